The number of nitrogens with one attached hydrogen (secondary N) is 1. The third-order valence-electron chi connectivity index (χ3n) is 5.83. The van der Waals surface area contributed by atoms with E-state index in [4.69, 9.17) is 9.72 Å². The van der Waals surface area contributed by atoms with Crippen molar-refractivity contribution in [3.63, 3.8) is 0 Å². The van der Waals surface area contributed by atoms with Crippen LogP contribution in [-0.2, 0) is 7.05 Å². The highest BCUT2D eigenvalue weighted by molar-refractivity contribution is 6.03. The number of likely N-dealkylation sites (tertiary alicyclic amines) is 1. The molecule has 31 heavy (non-hydrogen) atoms. The lowest BCUT2D eigenvalue weighted by Gasteiger charge is -2.15. The van der Waals surface area contributed by atoms with Crippen molar-refractivity contribution < 1.29 is 4.74 Å². The zero-order valence-corrected chi connectivity index (χ0v) is 17.5. The predicted molar refractivity (Wildman–Crippen MR) is 123 cm³/mol. The van der Waals surface area contributed by atoms with Crippen LogP contribution < -0.4 is 15.6 Å². The van der Waals surface area contributed by atoms with E-state index in [9.17, 15) is 4.79 Å². The van der Waals surface area contributed by atoms with Crippen LogP contribution in [0, 0.1) is 0 Å². The average molecular weight is 415 g/mol. The molecule has 0 unspecified atom stereocenters. The van der Waals surface area contributed by atoms with Crippen molar-refractivity contribution >= 4 is 33.4 Å². The van der Waals surface area contributed by atoms with Gasteiger partial charge < -0.3 is 14.6 Å². The summed E-state index contributed by atoms with van der Waals surface area (Å²) < 4.78 is 7.46. The first-order valence-corrected chi connectivity index (χ1v) is 10.7. The van der Waals surface area contributed by atoms with Gasteiger partial charge in [0, 0.05) is 30.1 Å². The van der Waals surface area contributed by atoms with Crippen LogP contribution in [0.15, 0.2) is 59.5 Å². The first-order chi connectivity index (χ1) is 15.2. The Morgan fingerprint density at radius 3 is 2.55 bits per heavy atom. The normalized spacial score (nSPS) is 14.4. The number of hydrogen-bond acceptors (Lipinski definition) is 6. The summed E-state index contributed by atoms with van der Waals surface area (Å²) in [5, 5.41) is 4.73. The van der Waals surface area contributed by atoms with Gasteiger partial charge in [0.05, 0.1) is 11.7 Å². The summed E-state index contributed by atoms with van der Waals surface area (Å²) in [5.41, 5.74) is 2.28. The number of pyridine rings is 1. The molecule has 0 aliphatic carbocycles. The molecule has 2 aromatic heterocycles. The summed E-state index contributed by atoms with van der Waals surface area (Å²) >= 11 is 0. The van der Waals surface area contributed by atoms with Gasteiger partial charge in [-0.25, -0.2) is 9.97 Å². The third-order valence-corrected chi connectivity index (χ3v) is 5.83. The van der Waals surface area contributed by atoms with Crippen LogP contribution in [0.5, 0.6) is 5.75 Å². The smallest absolute Gasteiger partial charge is 0.258 e. The molecule has 5 rings (SSSR count). The molecule has 0 bridgehead atoms. The molecule has 0 spiro atoms. The summed E-state index contributed by atoms with van der Waals surface area (Å²) in [6.45, 7) is 4.04. The van der Waals surface area contributed by atoms with Crippen molar-refractivity contribution in [2.75, 3.05) is 31.6 Å². The van der Waals surface area contributed by atoms with Crippen LogP contribution >= 0.6 is 0 Å². The number of anilines is 2. The van der Waals surface area contributed by atoms with E-state index in [-0.39, 0.29) is 5.56 Å². The fourth-order valence-electron chi connectivity index (χ4n) is 4.11. The van der Waals surface area contributed by atoms with Crippen molar-refractivity contribution in [1.29, 1.82) is 0 Å². The molecule has 0 saturated carbocycles. The molecule has 0 atom stereocenters. The van der Waals surface area contributed by atoms with E-state index >= 15 is 0 Å². The number of rotatable bonds is 6. The van der Waals surface area contributed by atoms with Crippen LogP contribution in [0.4, 0.5) is 11.6 Å². The number of benzene rings is 2. The molecule has 0 amide bonds. The number of aromatic nitrogens is 3. The van der Waals surface area contributed by atoms with Crippen LogP contribution in [0.25, 0.3) is 21.8 Å². The molecular formula is C24H25N5O2. The van der Waals surface area contributed by atoms with Crippen LogP contribution in [0.1, 0.15) is 12.8 Å². The monoisotopic (exact) mass is 415 g/mol. The fourth-order valence-corrected chi connectivity index (χ4v) is 4.11. The molecule has 1 aliphatic rings. The quantitative estimate of drug-likeness (QED) is 0.484. The lowest BCUT2D eigenvalue weighted by Crippen LogP contribution is -2.25. The Hall–Kier alpha value is -3.45. The molecule has 7 heteroatoms. The number of ether oxygens (including phenoxy) is 1. The second-order valence-corrected chi connectivity index (χ2v) is 7.88. The van der Waals surface area contributed by atoms with Gasteiger partial charge in [-0.2, -0.15) is 0 Å². The summed E-state index contributed by atoms with van der Waals surface area (Å²) in [6, 6.07) is 15.3. The minimum absolute atomic E-state index is 0.0484. The Labute approximate surface area is 180 Å². The molecular weight excluding hydrogens is 390 g/mol. The standard InChI is InChI=1S/C24H25N5O2/c1-28-21-16-25-24(27-22(21)19-6-2-3-7-20(19)23(28)30)26-17-8-10-18(11-9-17)31-15-14-29-12-4-5-13-29/h2-3,6-11,16H,4-5,12-15H2,1H3,(H,25,26,27). The Balaban J connectivity index is 1.33. The van der Waals surface area contributed by atoms with Gasteiger partial charge in [-0.15, -0.1) is 0 Å². The van der Waals surface area contributed by atoms with E-state index < -0.39 is 0 Å². The van der Waals surface area contributed by atoms with Crippen LogP contribution in [0.3, 0.4) is 0 Å². The van der Waals surface area contributed by atoms with Gasteiger partial charge in [-0.05, 0) is 56.3 Å². The molecule has 2 aromatic carbocycles. The number of hydrogen-bond donors (Lipinski definition) is 1. The number of fused-ring (bicyclic) bond motifs is 3. The van der Waals surface area contributed by atoms with Crippen molar-refractivity contribution in [2.24, 2.45) is 7.05 Å². The Kier molecular flexibility index (Phi) is 5.26. The first kappa shape index (κ1) is 19.5. The van der Waals surface area contributed by atoms with Gasteiger partial charge in [0.1, 0.15) is 17.9 Å². The summed E-state index contributed by atoms with van der Waals surface area (Å²) in [5.74, 6) is 1.34. The van der Waals surface area contributed by atoms with E-state index in [0.717, 1.165) is 28.9 Å². The zero-order chi connectivity index (χ0) is 21.2. The Morgan fingerprint density at radius 1 is 1.03 bits per heavy atom. The van der Waals surface area contributed by atoms with Gasteiger partial charge in [-0.1, -0.05) is 18.2 Å². The first-order valence-electron chi connectivity index (χ1n) is 10.7. The molecule has 1 saturated heterocycles. The molecule has 7 nitrogen and oxygen atoms in total. The highest BCUT2D eigenvalue weighted by Gasteiger charge is 2.12. The highest BCUT2D eigenvalue weighted by Crippen LogP contribution is 2.23. The number of aryl methyl sites for hydroxylation is 1. The molecule has 158 valence electrons. The Morgan fingerprint density at radius 2 is 1.77 bits per heavy atom. The molecule has 0 radical (unpaired) electrons. The molecule has 1 N–H and O–H groups in total. The highest BCUT2D eigenvalue weighted by atomic mass is 16.5. The van der Waals surface area contributed by atoms with Gasteiger partial charge in [0.25, 0.3) is 5.56 Å². The molecule has 1 fully saturated rings. The second kappa shape index (κ2) is 8.35. The molecule has 3 heterocycles. The van der Waals surface area contributed by atoms with E-state index in [0.29, 0.717) is 23.5 Å². The van der Waals surface area contributed by atoms with Gasteiger partial charge in [0.15, 0.2) is 0 Å². The van der Waals surface area contributed by atoms with E-state index in [2.05, 4.69) is 15.2 Å². The fraction of sp³-hybridized carbons (Fsp3) is 0.292. The maximum absolute atomic E-state index is 12.6. The number of nitrogens with zero attached hydrogens (tertiary/aromatic N) is 4. The molecule has 1 aliphatic heterocycles. The topological polar surface area (TPSA) is 72.3 Å². The van der Waals surface area contributed by atoms with Crippen molar-refractivity contribution in [3.8, 4) is 5.75 Å². The maximum atomic E-state index is 12.6. The summed E-state index contributed by atoms with van der Waals surface area (Å²) in [7, 11) is 1.75. The van der Waals surface area contributed by atoms with Gasteiger partial charge >= 0.3 is 0 Å². The van der Waals surface area contributed by atoms with E-state index in [1.54, 1.807) is 17.8 Å². The van der Waals surface area contributed by atoms with Crippen LogP contribution in [-0.4, -0.2) is 45.7 Å². The summed E-state index contributed by atoms with van der Waals surface area (Å²) in [4.78, 5) is 24.1. The van der Waals surface area contributed by atoms with Crippen molar-refractivity contribution in [3.05, 3.63) is 65.1 Å². The lowest BCUT2D eigenvalue weighted by atomic mass is 10.1. The predicted octanol–water partition coefficient (Wildman–Crippen LogP) is 3.70. The Bertz CT molecular complexity index is 1280. The minimum atomic E-state index is -0.0484. The zero-order valence-electron chi connectivity index (χ0n) is 17.5. The van der Waals surface area contributed by atoms with Gasteiger partial charge in [-0.3, -0.25) is 9.69 Å². The van der Waals surface area contributed by atoms with E-state index in [1.807, 2.05) is 48.5 Å². The minimum Gasteiger partial charge on any atom is -0.492 e. The largest absolute Gasteiger partial charge is 0.492 e. The lowest BCUT2D eigenvalue weighted by molar-refractivity contribution is 0.238. The van der Waals surface area contributed by atoms with Crippen LogP contribution in [0.2, 0.25) is 0 Å². The van der Waals surface area contributed by atoms with E-state index in [1.165, 1.54) is 25.9 Å². The molecule has 4 aromatic rings. The van der Waals surface area contributed by atoms with Crippen molar-refractivity contribution in [1.82, 2.24) is 19.4 Å². The average Bonchev–Trinajstić information content (AvgIpc) is 3.32. The second-order valence-electron chi connectivity index (χ2n) is 7.88. The maximum Gasteiger partial charge on any atom is 0.258 e. The van der Waals surface area contributed by atoms with Gasteiger partial charge in [0.2, 0.25) is 5.95 Å². The summed E-state index contributed by atoms with van der Waals surface area (Å²) in [6.07, 6.45) is 4.28. The van der Waals surface area contributed by atoms with Crippen molar-refractivity contribution in [2.45, 2.75) is 12.8 Å². The SMILES string of the molecule is Cn1c(=O)c2ccccc2c2nc(Nc3ccc(OCCN4CCCC4)cc3)ncc21. The third kappa shape index (κ3) is 3.96.